The molecule has 4 nitrogen and oxygen atoms in total. The predicted molar refractivity (Wildman–Crippen MR) is 87.4 cm³/mol. The van der Waals surface area contributed by atoms with Crippen molar-refractivity contribution in [1.82, 2.24) is 15.1 Å². The molecule has 2 rings (SSSR count). The van der Waals surface area contributed by atoms with Crippen molar-refractivity contribution in [3.05, 3.63) is 35.9 Å². The van der Waals surface area contributed by atoms with Crippen molar-refractivity contribution in [2.24, 2.45) is 0 Å². The number of aliphatic hydroxyl groups excluding tert-OH is 1. The van der Waals surface area contributed by atoms with Crippen LogP contribution >= 0.6 is 0 Å². The van der Waals surface area contributed by atoms with Crippen molar-refractivity contribution in [3.63, 3.8) is 0 Å². The molecule has 1 aromatic carbocycles. The second-order valence-electron chi connectivity index (χ2n) is 6.48. The number of hydrogen-bond donors (Lipinski definition) is 2. The Labute approximate surface area is 128 Å². The molecule has 1 heterocycles. The zero-order valence-electron chi connectivity index (χ0n) is 13.5. The molecule has 1 saturated heterocycles. The Morgan fingerprint density at radius 3 is 2.29 bits per heavy atom. The van der Waals surface area contributed by atoms with Crippen LogP contribution in [0.25, 0.3) is 0 Å². The second-order valence-corrected chi connectivity index (χ2v) is 6.48. The lowest BCUT2D eigenvalue weighted by Gasteiger charge is -2.42. The Morgan fingerprint density at radius 2 is 1.76 bits per heavy atom. The fourth-order valence-corrected chi connectivity index (χ4v) is 3.10. The van der Waals surface area contributed by atoms with Crippen LogP contribution in [-0.4, -0.2) is 67.3 Å². The Kier molecular flexibility index (Phi) is 5.76. The molecule has 0 radical (unpaired) electrons. The maximum atomic E-state index is 10.2. The normalized spacial score (nSPS) is 20.6. The Morgan fingerprint density at radius 1 is 1.14 bits per heavy atom. The van der Waals surface area contributed by atoms with Crippen LogP contribution in [0.5, 0.6) is 0 Å². The number of piperazine rings is 1. The van der Waals surface area contributed by atoms with Crippen molar-refractivity contribution < 1.29 is 5.11 Å². The van der Waals surface area contributed by atoms with Crippen molar-refractivity contribution >= 4 is 0 Å². The molecular weight excluding hydrogens is 262 g/mol. The van der Waals surface area contributed by atoms with Crippen molar-refractivity contribution in [3.8, 4) is 0 Å². The smallest absolute Gasteiger partial charge is 0.0799 e. The number of benzene rings is 1. The minimum absolute atomic E-state index is 0.113. The van der Waals surface area contributed by atoms with Crippen LogP contribution in [0.15, 0.2) is 30.3 Å². The Bertz CT molecular complexity index is 415. The van der Waals surface area contributed by atoms with Crippen LogP contribution in [0.3, 0.4) is 0 Å². The first-order valence-corrected chi connectivity index (χ1v) is 7.91. The average Bonchev–Trinajstić information content (AvgIpc) is 2.49. The van der Waals surface area contributed by atoms with Crippen LogP contribution in [0.1, 0.15) is 19.4 Å². The quantitative estimate of drug-likeness (QED) is 0.824. The molecule has 1 atom stereocenters. The summed E-state index contributed by atoms with van der Waals surface area (Å²) < 4.78 is 0. The molecule has 118 valence electrons. The summed E-state index contributed by atoms with van der Waals surface area (Å²) in [5.74, 6) is 0. The van der Waals surface area contributed by atoms with E-state index in [1.54, 1.807) is 0 Å². The number of aliphatic hydroxyl groups is 1. The summed E-state index contributed by atoms with van der Waals surface area (Å²) in [7, 11) is 2.17. The highest BCUT2D eigenvalue weighted by atomic mass is 16.3. The molecule has 1 unspecified atom stereocenters. The van der Waals surface area contributed by atoms with Crippen molar-refractivity contribution in [2.45, 2.75) is 25.4 Å². The SMILES string of the molecule is CC(C)NC(CO)(CN1CCN(C)CC1)c1ccccc1. The predicted octanol–water partition coefficient (Wildman–Crippen LogP) is 1.12. The molecule has 4 heteroatoms. The highest BCUT2D eigenvalue weighted by Crippen LogP contribution is 2.23. The molecule has 1 aliphatic heterocycles. The Balaban J connectivity index is 2.19. The molecule has 0 amide bonds. The Hall–Kier alpha value is -0.940. The zero-order chi connectivity index (χ0) is 15.3. The zero-order valence-corrected chi connectivity index (χ0v) is 13.5. The molecule has 1 aliphatic rings. The maximum absolute atomic E-state index is 10.2. The topological polar surface area (TPSA) is 38.7 Å². The van der Waals surface area contributed by atoms with E-state index in [0.29, 0.717) is 6.04 Å². The van der Waals surface area contributed by atoms with Gasteiger partial charge in [-0.1, -0.05) is 30.3 Å². The fraction of sp³-hybridized carbons (Fsp3) is 0.647. The molecule has 0 spiro atoms. The van der Waals surface area contributed by atoms with Crippen LogP contribution in [-0.2, 0) is 5.54 Å². The van der Waals surface area contributed by atoms with Gasteiger partial charge in [0.15, 0.2) is 0 Å². The number of rotatable bonds is 6. The van der Waals surface area contributed by atoms with Gasteiger partial charge in [0.25, 0.3) is 0 Å². The summed E-state index contributed by atoms with van der Waals surface area (Å²) in [6.07, 6.45) is 0. The monoisotopic (exact) mass is 291 g/mol. The van der Waals surface area contributed by atoms with Crippen LogP contribution < -0.4 is 5.32 Å². The molecule has 0 aliphatic carbocycles. The first-order valence-electron chi connectivity index (χ1n) is 7.91. The van der Waals surface area contributed by atoms with Crippen molar-refractivity contribution in [1.29, 1.82) is 0 Å². The van der Waals surface area contributed by atoms with E-state index in [4.69, 9.17) is 0 Å². The molecular formula is C17H29N3O. The molecule has 0 bridgehead atoms. The van der Waals surface area contributed by atoms with Crippen LogP contribution in [0.4, 0.5) is 0 Å². The van der Waals surface area contributed by atoms with Gasteiger partial charge in [-0.2, -0.15) is 0 Å². The lowest BCUT2D eigenvalue weighted by molar-refractivity contribution is 0.0720. The molecule has 1 fully saturated rings. The van der Waals surface area contributed by atoms with E-state index in [-0.39, 0.29) is 12.1 Å². The standard InChI is InChI=1S/C17H29N3O/c1-15(2)18-17(14-21,16-7-5-4-6-8-16)13-20-11-9-19(3)10-12-20/h4-8,15,18,21H,9-14H2,1-3H3. The summed E-state index contributed by atoms with van der Waals surface area (Å²) in [6.45, 7) is 9.54. The maximum Gasteiger partial charge on any atom is 0.0799 e. The van der Waals surface area contributed by atoms with Gasteiger partial charge in [-0.15, -0.1) is 0 Å². The number of nitrogens with zero attached hydrogens (tertiary/aromatic N) is 2. The minimum atomic E-state index is -0.384. The summed E-state index contributed by atoms with van der Waals surface area (Å²) in [5, 5.41) is 13.8. The van der Waals surface area contributed by atoms with Crippen molar-refractivity contribution in [2.75, 3.05) is 46.4 Å². The first-order chi connectivity index (χ1) is 10.1. The van der Waals surface area contributed by atoms with Gasteiger partial charge in [-0.3, -0.25) is 4.90 Å². The van der Waals surface area contributed by atoms with E-state index in [0.717, 1.165) is 32.7 Å². The lowest BCUT2D eigenvalue weighted by Crippen LogP contribution is -2.58. The highest BCUT2D eigenvalue weighted by Gasteiger charge is 2.34. The third kappa shape index (κ3) is 4.27. The van der Waals surface area contributed by atoms with Gasteiger partial charge >= 0.3 is 0 Å². The lowest BCUT2D eigenvalue weighted by atomic mass is 9.88. The van der Waals surface area contributed by atoms with Crippen LogP contribution in [0.2, 0.25) is 0 Å². The minimum Gasteiger partial charge on any atom is -0.394 e. The van der Waals surface area contributed by atoms with E-state index in [9.17, 15) is 5.11 Å². The molecule has 0 aromatic heterocycles. The molecule has 0 saturated carbocycles. The summed E-state index contributed by atoms with van der Waals surface area (Å²) in [5.41, 5.74) is 0.783. The van der Waals surface area contributed by atoms with E-state index < -0.39 is 0 Å². The van der Waals surface area contributed by atoms with Gasteiger partial charge in [0.2, 0.25) is 0 Å². The third-order valence-corrected chi connectivity index (χ3v) is 4.25. The molecule has 21 heavy (non-hydrogen) atoms. The largest absolute Gasteiger partial charge is 0.394 e. The number of hydrogen-bond acceptors (Lipinski definition) is 4. The van der Waals surface area contributed by atoms with Gasteiger partial charge in [0.05, 0.1) is 12.1 Å². The summed E-state index contributed by atoms with van der Waals surface area (Å²) >= 11 is 0. The van der Waals surface area contributed by atoms with Gasteiger partial charge in [-0.05, 0) is 26.5 Å². The van der Waals surface area contributed by atoms with Crippen LogP contribution in [0, 0.1) is 0 Å². The number of likely N-dealkylation sites (N-methyl/N-ethyl adjacent to an activating group) is 1. The van der Waals surface area contributed by atoms with E-state index in [1.807, 2.05) is 18.2 Å². The van der Waals surface area contributed by atoms with Gasteiger partial charge in [0, 0.05) is 38.8 Å². The molecule has 2 N–H and O–H groups in total. The average molecular weight is 291 g/mol. The van der Waals surface area contributed by atoms with E-state index >= 15 is 0 Å². The van der Waals surface area contributed by atoms with Gasteiger partial charge in [0.1, 0.15) is 0 Å². The first kappa shape index (κ1) is 16.4. The summed E-state index contributed by atoms with van der Waals surface area (Å²) in [4.78, 5) is 4.81. The second kappa shape index (κ2) is 7.36. The highest BCUT2D eigenvalue weighted by molar-refractivity contribution is 5.25. The van der Waals surface area contributed by atoms with Gasteiger partial charge in [-0.25, -0.2) is 0 Å². The van der Waals surface area contributed by atoms with E-state index in [2.05, 4.69) is 48.1 Å². The van der Waals surface area contributed by atoms with Gasteiger partial charge < -0.3 is 15.3 Å². The number of nitrogens with one attached hydrogen (secondary N) is 1. The fourth-order valence-electron chi connectivity index (χ4n) is 3.10. The summed E-state index contributed by atoms with van der Waals surface area (Å²) in [6, 6.07) is 10.7. The third-order valence-electron chi connectivity index (χ3n) is 4.25. The van der Waals surface area contributed by atoms with E-state index in [1.165, 1.54) is 5.56 Å². The molecule has 1 aromatic rings.